The highest BCUT2D eigenvalue weighted by Gasteiger charge is 2.29. The highest BCUT2D eigenvalue weighted by molar-refractivity contribution is 8.00. The molecule has 9 heteroatoms. The summed E-state index contributed by atoms with van der Waals surface area (Å²) in [4.78, 5) is 26.9. The van der Waals surface area contributed by atoms with Gasteiger partial charge in [0.1, 0.15) is 5.69 Å². The first kappa shape index (κ1) is 23.5. The minimum absolute atomic E-state index is 0.0803. The number of benzene rings is 3. The summed E-state index contributed by atoms with van der Waals surface area (Å²) >= 11 is 1.54. The Morgan fingerprint density at radius 1 is 0.833 bits per heavy atom. The maximum atomic E-state index is 13.1. The molecule has 8 nitrogen and oxygen atoms in total. The van der Waals surface area contributed by atoms with Gasteiger partial charge in [-0.25, -0.2) is 4.98 Å². The van der Waals surface area contributed by atoms with Crippen LogP contribution in [0.5, 0.6) is 0 Å². The van der Waals surface area contributed by atoms with Gasteiger partial charge in [-0.1, -0.05) is 11.6 Å². The van der Waals surface area contributed by atoms with Gasteiger partial charge in [-0.15, -0.1) is 0 Å². The van der Waals surface area contributed by atoms with E-state index in [0.717, 1.165) is 33.2 Å². The molecule has 182 valence electrons. The van der Waals surface area contributed by atoms with Crippen LogP contribution in [0.25, 0.3) is 0 Å². The molecule has 0 radical (unpaired) electrons. The van der Waals surface area contributed by atoms with Gasteiger partial charge >= 0.3 is 0 Å². The van der Waals surface area contributed by atoms with E-state index in [2.05, 4.69) is 20.3 Å². The average Bonchev–Trinajstić information content (AvgIpc) is 2.98. The number of nitrogens with one attached hydrogen (secondary N) is 3. The number of rotatable bonds is 6. The zero-order valence-electron chi connectivity index (χ0n) is 20.5. The molecule has 0 unspecified atom stereocenters. The van der Waals surface area contributed by atoms with Gasteiger partial charge in [0.2, 0.25) is 5.95 Å². The van der Waals surface area contributed by atoms with Gasteiger partial charge in [0.05, 0.1) is 17.4 Å². The zero-order chi connectivity index (χ0) is 25.2. The third-order valence-corrected chi connectivity index (χ3v) is 6.89. The molecule has 2 heterocycles. The molecule has 1 aliphatic heterocycles. The highest BCUT2D eigenvalue weighted by atomic mass is 32.2. The topological polar surface area (TPSA) is 85.4 Å². The molecule has 36 heavy (non-hydrogen) atoms. The van der Waals surface area contributed by atoms with Gasteiger partial charge in [0.15, 0.2) is 5.82 Å². The van der Waals surface area contributed by atoms with Gasteiger partial charge in [-0.05, 0) is 79.5 Å². The molecule has 0 atom stereocenters. The lowest BCUT2D eigenvalue weighted by Crippen LogP contribution is -2.25. The lowest BCUT2D eigenvalue weighted by atomic mass is 10.1. The summed E-state index contributed by atoms with van der Waals surface area (Å²) in [5, 5.41) is 6.39. The predicted molar refractivity (Wildman–Crippen MR) is 149 cm³/mol. The zero-order valence-corrected chi connectivity index (χ0v) is 21.4. The molecule has 0 bridgehead atoms. The molecular formula is C27H27N7OS. The van der Waals surface area contributed by atoms with Crippen molar-refractivity contribution >= 4 is 58.1 Å². The summed E-state index contributed by atoms with van der Waals surface area (Å²) in [5.41, 5.74) is 6.12. The predicted octanol–water partition coefficient (Wildman–Crippen LogP) is 6.05. The fourth-order valence-corrected chi connectivity index (χ4v) is 4.63. The maximum Gasteiger partial charge on any atom is 0.260 e. The van der Waals surface area contributed by atoms with Crippen LogP contribution in [0.1, 0.15) is 15.9 Å². The number of hydrogen-bond acceptors (Lipinski definition) is 8. The molecule has 3 aromatic carbocycles. The van der Waals surface area contributed by atoms with Gasteiger partial charge in [-0.2, -0.15) is 4.98 Å². The van der Waals surface area contributed by atoms with Crippen molar-refractivity contribution in [3.63, 3.8) is 0 Å². The minimum atomic E-state index is -0.0803. The Hall–Kier alpha value is -4.24. The Morgan fingerprint density at radius 3 is 2.25 bits per heavy atom. The molecule has 0 spiro atoms. The van der Waals surface area contributed by atoms with Crippen molar-refractivity contribution in [2.24, 2.45) is 0 Å². The van der Waals surface area contributed by atoms with E-state index in [1.54, 1.807) is 30.1 Å². The fraction of sp³-hybridized carbons (Fsp3) is 0.148. The second-order valence-electron chi connectivity index (χ2n) is 8.53. The molecule has 1 amide bonds. The number of amides is 1. The summed E-state index contributed by atoms with van der Waals surface area (Å²) in [6, 6.07) is 22.0. The van der Waals surface area contributed by atoms with E-state index in [4.69, 9.17) is 4.98 Å². The largest absolute Gasteiger partial charge is 0.388 e. The summed E-state index contributed by atoms with van der Waals surface area (Å²) in [5.74, 6) is 1.04. The highest BCUT2D eigenvalue weighted by Crippen LogP contribution is 2.38. The number of aryl methyl sites for hydroxylation is 1. The average molecular weight is 498 g/mol. The van der Waals surface area contributed by atoms with Gasteiger partial charge in [0, 0.05) is 43.1 Å². The van der Waals surface area contributed by atoms with E-state index in [1.807, 2.05) is 92.6 Å². The number of carbonyl (C=O) groups excluding carboxylic acids is 1. The monoisotopic (exact) mass is 497 g/mol. The molecule has 1 aliphatic rings. The third-order valence-electron chi connectivity index (χ3n) is 6.05. The van der Waals surface area contributed by atoms with Crippen LogP contribution < -0.4 is 25.2 Å². The second-order valence-corrected chi connectivity index (χ2v) is 9.41. The molecule has 4 aromatic rings. The Labute approximate surface area is 214 Å². The van der Waals surface area contributed by atoms with Crippen LogP contribution in [0, 0.1) is 6.92 Å². The number of nitrogens with zero attached hydrogens (tertiary/aromatic N) is 4. The van der Waals surface area contributed by atoms with Crippen LogP contribution in [0.3, 0.4) is 0 Å². The number of fused-ring (bicyclic) bond motifs is 2. The van der Waals surface area contributed by atoms with Crippen molar-refractivity contribution in [1.82, 2.24) is 9.97 Å². The Kier molecular flexibility index (Phi) is 6.39. The summed E-state index contributed by atoms with van der Waals surface area (Å²) < 4.78 is 3.35. The first-order valence-electron chi connectivity index (χ1n) is 11.5. The van der Waals surface area contributed by atoms with Crippen molar-refractivity contribution in [2.45, 2.75) is 11.8 Å². The van der Waals surface area contributed by atoms with Gasteiger partial charge in [0.25, 0.3) is 5.91 Å². The Balaban J connectivity index is 1.32. The summed E-state index contributed by atoms with van der Waals surface area (Å²) in [7, 11) is 5.57. The number of hydrogen-bond donors (Lipinski definition) is 3. The van der Waals surface area contributed by atoms with E-state index < -0.39 is 0 Å². The molecule has 0 aliphatic carbocycles. The molecule has 0 fully saturated rings. The lowest BCUT2D eigenvalue weighted by molar-refractivity contribution is 0.0994. The quantitative estimate of drug-likeness (QED) is 0.278. The minimum Gasteiger partial charge on any atom is -0.388 e. The molecular weight excluding hydrogens is 470 g/mol. The number of aromatic nitrogens is 2. The van der Waals surface area contributed by atoms with Crippen molar-refractivity contribution < 1.29 is 4.79 Å². The first-order valence-corrected chi connectivity index (χ1v) is 12.3. The number of carbonyl (C=O) groups is 1. The SMILES string of the molecule is CNc1ccc(NSc2ccc(Nc3ncc4c(n3)N(C)c3ccc(C)cc3C(=O)N4C)cc2)cc1. The van der Waals surface area contributed by atoms with E-state index in [9.17, 15) is 4.79 Å². The van der Waals surface area contributed by atoms with Crippen LogP contribution in [0.4, 0.5) is 40.2 Å². The van der Waals surface area contributed by atoms with Crippen LogP contribution >= 0.6 is 11.9 Å². The van der Waals surface area contributed by atoms with Crippen LogP contribution in [0.15, 0.2) is 77.8 Å². The molecule has 3 N–H and O–H groups in total. The van der Waals surface area contributed by atoms with E-state index >= 15 is 0 Å². The Morgan fingerprint density at radius 2 is 1.53 bits per heavy atom. The number of anilines is 7. The molecule has 1 aromatic heterocycles. The van der Waals surface area contributed by atoms with E-state index in [-0.39, 0.29) is 5.91 Å². The smallest absolute Gasteiger partial charge is 0.260 e. The van der Waals surface area contributed by atoms with Gasteiger partial charge in [-0.3, -0.25) is 4.79 Å². The fourth-order valence-electron chi connectivity index (χ4n) is 3.99. The molecule has 0 saturated carbocycles. The van der Waals surface area contributed by atoms with Crippen LogP contribution in [-0.2, 0) is 0 Å². The molecule has 5 rings (SSSR count). The Bertz CT molecular complexity index is 1410. The van der Waals surface area contributed by atoms with Crippen molar-refractivity contribution in [2.75, 3.05) is 46.3 Å². The summed E-state index contributed by atoms with van der Waals surface area (Å²) in [6.07, 6.45) is 1.69. The maximum absolute atomic E-state index is 13.1. The van der Waals surface area contributed by atoms with Crippen LogP contribution in [0.2, 0.25) is 0 Å². The normalized spacial score (nSPS) is 12.5. The lowest BCUT2D eigenvalue weighted by Gasteiger charge is -2.21. The van der Waals surface area contributed by atoms with Crippen LogP contribution in [-0.4, -0.2) is 37.0 Å². The first-order chi connectivity index (χ1) is 17.4. The van der Waals surface area contributed by atoms with Crippen molar-refractivity contribution in [3.8, 4) is 0 Å². The van der Waals surface area contributed by atoms with Crippen molar-refractivity contribution in [1.29, 1.82) is 0 Å². The summed E-state index contributed by atoms with van der Waals surface area (Å²) in [6.45, 7) is 1.98. The third kappa shape index (κ3) is 4.65. The van der Waals surface area contributed by atoms with Crippen molar-refractivity contribution in [3.05, 3.63) is 84.1 Å². The van der Waals surface area contributed by atoms with E-state index in [0.29, 0.717) is 23.0 Å². The van der Waals surface area contributed by atoms with Gasteiger partial charge < -0.3 is 25.2 Å². The second kappa shape index (κ2) is 9.79. The van der Waals surface area contributed by atoms with E-state index in [1.165, 1.54) is 0 Å². The molecule has 0 saturated heterocycles. The standard InChI is InChI=1S/C27H27N7OS/c1-17-5-14-23-22(15-17)26(35)34(4)24-16-29-27(31-25(24)33(23)3)30-19-10-12-21(13-11-19)36-32-20-8-6-18(28-2)7-9-20/h5-16,28,32H,1-4H3,(H,29,30,31).